The summed E-state index contributed by atoms with van der Waals surface area (Å²) in [6.45, 7) is 0. The minimum atomic E-state index is -0.984. The van der Waals surface area contributed by atoms with Crippen LogP contribution in [0.2, 0.25) is 0 Å². The van der Waals surface area contributed by atoms with E-state index in [1.165, 1.54) is 4.90 Å². The van der Waals surface area contributed by atoms with E-state index in [0.717, 1.165) is 0 Å². The SMILES string of the molecule is NC(=O)C(=O)N(c1ccccc1)c1ccccc1. The van der Waals surface area contributed by atoms with Crippen LogP contribution in [0.5, 0.6) is 0 Å². The van der Waals surface area contributed by atoms with E-state index in [1.807, 2.05) is 12.1 Å². The average Bonchev–Trinajstić information content (AvgIpc) is 2.41. The average molecular weight is 240 g/mol. The minimum absolute atomic E-state index is 0.604. The number of hydrogen-bond donors (Lipinski definition) is 1. The predicted octanol–water partition coefficient (Wildman–Crippen LogP) is 1.84. The molecular weight excluding hydrogens is 228 g/mol. The monoisotopic (exact) mass is 240 g/mol. The van der Waals surface area contributed by atoms with Gasteiger partial charge in [-0.1, -0.05) is 36.4 Å². The first kappa shape index (κ1) is 11.9. The van der Waals surface area contributed by atoms with Gasteiger partial charge in [0.1, 0.15) is 0 Å². The fraction of sp³-hybridized carbons (Fsp3) is 0. The zero-order chi connectivity index (χ0) is 13.0. The lowest BCUT2D eigenvalue weighted by Gasteiger charge is -2.21. The number of para-hydroxylation sites is 2. The van der Waals surface area contributed by atoms with Crippen molar-refractivity contribution in [2.75, 3.05) is 4.90 Å². The molecule has 2 rings (SSSR count). The Hall–Kier alpha value is -2.62. The molecule has 2 aromatic rings. The summed E-state index contributed by atoms with van der Waals surface area (Å²) >= 11 is 0. The molecule has 0 aliphatic heterocycles. The van der Waals surface area contributed by atoms with E-state index in [4.69, 9.17) is 5.73 Å². The van der Waals surface area contributed by atoms with Gasteiger partial charge in [-0.2, -0.15) is 0 Å². The molecule has 2 aromatic carbocycles. The van der Waals surface area contributed by atoms with E-state index in [-0.39, 0.29) is 0 Å². The predicted molar refractivity (Wildman–Crippen MR) is 69.2 cm³/mol. The molecule has 0 saturated carbocycles. The van der Waals surface area contributed by atoms with E-state index in [0.29, 0.717) is 11.4 Å². The molecule has 0 heterocycles. The molecular formula is C14H12N2O2. The van der Waals surface area contributed by atoms with E-state index in [9.17, 15) is 9.59 Å². The number of carbonyl (C=O) groups is 2. The lowest BCUT2D eigenvalue weighted by molar-refractivity contribution is -0.135. The number of amides is 2. The molecule has 2 amide bonds. The molecule has 0 aliphatic carbocycles. The zero-order valence-corrected chi connectivity index (χ0v) is 9.61. The van der Waals surface area contributed by atoms with Gasteiger partial charge in [-0.25, -0.2) is 0 Å². The Bertz CT molecular complexity index is 513. The molecule has 90 valence electrons. The van der Waals surface area contributed by atoms with Gasteiger partial charge in [0.2, 0.25) is 0 Å². The summed E-state index contributed by atoms with van der Waals surface area (Å²) in [5, 5.41) is 0. The molecule has 4 heteroatoms. The maximum Gasteiger partial charge on any atom is 0.320 e. The molecule has 0 aliphatic rings. The fourth-order valence-corrected chi connectivity index (χ4v) is 1.65. The van der Waals surface area contributed by atoms with E-state index < -0.39 is 11.8 Å². The Morgan fingerprint density at radius 2 is 1.17 bits per heavy atom. The standard InChI is InChI=1S/C14H12N2O2/c15-13(17)14(18)16(11-7-3-1-4-8-11)12-9-5-2-6-10-12/h1-10H,(H2,15,17). The molecule has 18 heavy (non-hydrogen) atoms. The summed E-state index contributed by atoms with van der Waals surface area (Å²) < 4.78 is 0. The number of anilines is 2. The largest absolute Gasteiger partial charge is 0.361 e. The summed E-state index contributed by atoms with van der Waals surface area (Å²) in [5.41, 5.74) is 6.29. The number of rotatable bonds is 2. The highest BCUT2D eigenvalue weighted by Gasteiger charge is 2.22. The number of nitrogens with zero attached hydrogens (tertiary/aromatic N) is 1. The Morgan fingerprint density at radius 1 is 0.778 bits per heavy atom. The Labute approximate surface area is 105 Å². The van der Waals surface area contributed by atoms with Gasteiger partial charge in [-0.3, -0.25) is 14.5 Å². The van der Waals surface area contributed by atoms with E-state index in [2.05, 4.69) is 0 Å². The van der Waals surface area contributed by atoms with Gasteiger partial charge < -0.3 is 5.73 Å². The molecule has 2 N–H and O–H groups in total. The van der Waals surface area contributed by atoms with Crippen molar-refractivity contribution < 1.29 is 9.59 Å². The van der Waals surface area contributed by atoms with Gasteiger partial charge in [0.15, 0.2) is 0 Å². The summed E-state index contributed by atoms with van der Waals surface area (Å²) in [4.78, 5) is 24.3. The molecule has 0 saturated heterocycles. The molecule has 0 fully saturated rings. The van der Waals surface area contributed by atoms with Crippen molar-refractivity contribution in [2.24, 2.45) is 5.73 Å². The van der Waals surface area contributed by atoms with E-state index >= 15 is 0 Å². The van der Waals surface area contributed by atoms with Crippen LogP contribution in [0.25, 0.3) is 0 Å². The Kier molecular flexibility index (Phi) is 3.38. The highest BCUT2D eigenvalue weighted by atomic mass is 16.2. The van der Waals surface area contributed by atoms with Crippen LogP contribution in [0.4, 0.5) is 11.4 Å². The van der Waals surface area contributed by atoms with Gasteiger partial charge in [-0.15, -0.1) is 0 Å². The van der Waals surface area contributed by atoms with Crippen molar-refractivity contribution >= 4 is 23.2 Å². The van der Waals surface area contributed by atoms with Crippen LogP contribution < -0.4 is 10.6 Å². The van der Waals surface area contributed by atoms with E-state index in [1.54, 1.807) is 48.5 Å². The first-order valence-corrected chi connectivity index (χ1v) is 5.44. The number of hydrogen-bond acceptors (Lipinski definition) is 2. The second kappa shape index (κ2) is 5.14. The second-order valence-corrected chi connectivity index (χ2v) is 3.68. The molecule has 0 bridgehead atoms. The van der Waals surface area contributed by atoms with Gasteiger partial charge >= 0.3 is 11.8 Å². The van der Waals surface area contributed by atoms with Crippen LogP contribution >= 0.6 is 0 Å². The van der Waals surface area contributed by atoms with Crippen LogP contribution in [-0.4, -0.2) is 11.8 Å². The normalized spacial score (nSPS) is 9.78. The molecule has 4 nitrogen and oxygen atoms in total. The molecule has 0 unspecified atom stereocenters. The highest BCUT2D eigenvalue weighted by Crippen LogP contribution is 2.24. The minimum Gasteiger partial charge on any atom is -0.361 e. The quantitative estimate of drug-likeness (QED) is 0.814. The number of nitrogens with two attached hydrogens (primary N) is 1. The van der Waals surface area contributed by atoms with Crippen molar-refractivity contribution in [3.63, 3.8) is 0 Å². The lowest BCUT2D eigenvalue weighted by atomic mass is 10.2. The summed E-state index contributed by atoms with van der Waals surface area (Å²) in [5.74, 6) is -1.74. The van der Waals surface area contributed by atoms with Gasteiger partial charge in [0.25, 0.3) is 0 Å². The van der Waals surface area contributed by atoms with Crippen molar-refractivity contribution in [1.82, 2.24) is 0 Å². The smallest absolute Gasteiger partial charge is 0.320 e. The van der Waals surface area contributed by atoms with Crippen LogP contribution in [-0.2, 0) is 9.59 Å². The van der Waals surface area contributed by atoms with Crippen LogP contribution in [0, 0.1) is 0 Å². The second-order valence-electron chi connectivity index (χ2n) is 3.68. The van der Waals surface area contributed by atoms with Crippen LogP contribution in [0.15, 0.2) is 60.7 Å². The Balaban J connectivity index is 2.48. The first-order chi connectivity index (χ1) is 8.70. The lowest BCUT2D eigenvalue weighted by Crippen LogP contribution is -2.37. The third-order valence-electron chi connectivity index (χ3n) is 2.44. The fourth-order valence-electron chi connectivity index (χ4n) is 1.65. The van der Waals surface area contributed by atoms with Crippen LogP contribution in [0.1, 0.15) is 0 Å². The topological polar surface area (TPSA) is 63.4 Å². The van der Waals surface area contributed by atoms with Crippen molar-refractivity contribution in [3.8, 4) is 0 Å². The molecule has 0 atom stereocenters. The highest BCUT2D eigenvalue weighted by molar-refractivity contribution is 6.41. The first-order valence-electron chi connectivity index (χ1n) is 5.44. The summed E-state index contributed by atoms with van der Waals surface area (Å²) in [6.07, 6.45) is 0. The third-order valence-corrected chi connectivity index (χ3v) is 2.44. The summed E-state index contributed by atoms with van der Waals surface area (Å²) in [7, 11) is 0. The van der Waals surface area contributed by atoms with Crippen molar-refractivity contribution in [3.05, 3.63) is 60.7 Å². The maximum atomic E-state index is 11.9. The number of primary amides is 1. The molecule has 0 radical (unpaired) electrons. The Morgan fingerprint density at radius 3 is 1.50 bits per heavy atom. The number of benzene rings is 2. The van der Waals surface area contributed by atoms with Crippen molar-refractivity contribution in [1.29, 1.82) is 0 Å². The molecule has 0 spiro atoms. The zero-order valence-electron chi connectivity index (χ0n) is 9.61. The summed E-state index contributed by atoms with van der Waals surface area (Å²) in [6, 6.07) is 17.8. The maximum absolute atomic E-state index is 11.9. The van der Waals surface area contributed by atoms with Gasteiger partial charge in [0.05, 0.1) is 0 Å². The molecule has 0 aromatic heterocycles. The van der Waals surface area contributed by atoms with Crippen molar-refractivity contribution in [2.45, 2.75) is 0 Å². The third kappa shape index (κ3) is 2.38. The van der Waals surface area contributed by atoms with Gasteiger partial charge in [-0.05, 0) is 24.3 Å². The van der Waals surface area contributed by atoms with Crippen LogP contribution in [0.3, 0.4) is 0 Å². The number of carbonyl (C=O) groups excluding carboxylic acids is 2. The van der Waals surface area contributed by atoms with Gasteiger partial charge in [0, 0.05) is 11.4 Å².